The number of nitrogens with one attached hydrogen (secondary N) is 1. The van der Waals surface area contributed by atoms with Gasteiger partial charge in [0.2, 0.25) is 5.88 Å². The number of methoxy groups -OCH3 is 1. The van der Waals surface area contributed by atoms with E-state index >= 15 is 0 Å². The van der Waals surface area contributed by atoms with Gasteiger partial charge in [0.05, 0.1) is 17.7 Å². The number of aliphatic imine (C=N–C) groups is 1. The van der Waals surface area contributed by atoms with E-state index in [2.05, 4.69) is 24.9 Å². The van der Waals surface area contributed by atoms with Crippen LogP contribution in [-0.4, -0.2) is 36.5 Å². The third kappa shape index (κ3) is 4.72. The van der Waals surface area contributed by atoms with Crippen molar-refractivity contribution in [2.24, 2.45) is 10.7 Å². The summed E-state index contributed by atoms with van der Waals surface area (Å²) < 4.78 is 32.1. The number of hydrogen-bond acceptors (Lipinski definition) is 7. The van der Waals surface area contributed by atoms with Crippen molar-refractivity contribution in [2.45, 2.75) is 4.90 Å². The molecule has 28 heavy (non-hydrogen) atoms. The van der Waals surface area contributed by atoms with E-state index in [4.69, 9.17) is 22.1 Å². The molecule has 1 aromatic carbocycles. The number of hydrogen-bond donors (Lipinski definition) is 2. The van der Waals surface area contributed by atoms with Gasteiger partial charge in [0.1, 0.15) is 11.5 Å². The summed E-state index contributed by atoms with van der Waals surface area (Å²) in [6.45, 7) is 0. The number of sulfonamides is 1. The second kappa shape index (κ2) is 8.19. The molecule has 3 N–H and O–H groups in total. The predicted molar refractivity (Wildman–Crippen MR) is 105 cm³/mol. The topological polar surface area (TPSA) is 132 Å². The number of pyridine rings is 1. The fourth-order valence-electron chi connectivity index (χ4n) is 2.12. The SMILES string of the molecule is COc1ccc(NS(=O)(=O)c2ccc(N=C(N)c3cc(Cl)ccn3)cc2)nn1. The van der Waals surface area contributed by atoms with Gasteiger partial charge in [-0.15, -0.1) is 10.2 Å². The molecule has 0 amide bonds. The number of ether oxygens (including phenoxy) is 1. The molecule has 0 radical (unpaired) electrons. The lowest BCUT2D eigenvalue weighted by molar-refractivity contribution is 0.392. The number of nitrogens with zero attached hydrogens (tertiary/aromatic N) is 4. The highest BCUT2D eigenvalue weighted by molar-refractivity contribution is 7.92. The molecule has 144 valence electrons. The monoisotopic (exact) mass is 418 g/mol. The van der Waals surface area contributed by atoms with Crippen molar-refractivity contribution in [2.75, 3.05) is 11.8 Å². The van der Waals surface area contributed by atoms with Crippen LogP contribution < -0.4 is 15.2 Å². The summed E-state index contributed by atoms with van der Waals surface area (Å²) in [5, 5.41) is 7.93. The minimum Gasteiger partial charge on any atom is -0.480 e. The van der Waals surface area contributed by atoms with Crippen molar-refractivity contribution < 1.29 is 13.2 Å². The summed E-state index contributed by atoms with van der Waals surface area (Å²) >= 11 is 5.91. The molecule has 0 aliphatic carbocycles. The van der Waals surface area contributed by atoms with Crippen LogP contribution in [0.4, 0.5) is 11.5 Å². The van der Waals surface area contributed by atoms with Crippen LogP contribution in [0.25, 0.3) is 0 Å². The first-order valence-electron chi connectivity index (χ1n) is 7.84. The number of aromatic nitrogens is 3. The maximum atomic E-state index is 12.5. The lowest BCUT2D eigenvalue weighted by atomic mass is 10.3. The number of benzene rings is 1. The third-order valence-electron chi connectivity index (χ3n) is 3.47. The lowest BCUT2D eigenvalue weighted by Crippen LogP contribution is -2.15. The van der Waals surface area contributed by atoms with E-state index in [9.17, 15) is 8.42 Å². The predicted octanol–water partition coefficient (Wildman–Crippen LogP) is 2.37. The van der Waals surface area contributed by atoms with Gasteiger partial charge in [-0.2, -0.15) is 0 Å². The van der Waals surface area contributed by atoms with Gasteiger partial charge < -0.3 is 10.5 Å². The van der Waals surface area contributed by atoms with Crippen molar-refractivity contribution in [1.29, 1.82) is 0 Å². The Kier molecular flexibility index (Phi) is 5.71. The molecule has 0 saturated heterocycles. The Labute approximate surface area is 166 Å². The molecule has 3 rings (SSSR count). The Morgan fingerprint density at radius 3 is 2.50 bits per heavy atom. The molecule has 9 nitrogen and oxygen atoms in total. The maximum absolute atomic E-state index is 12.5. The van der Waals surface area contributed by atoms with Crippen molar-refractivity contribution in [1.82, 2.24) is 15.2 Å². The van der Waals surface area contributed by atoms with Crippen molar-refractivity contribution >= 4 is 39.0 Å². The van der Waals surface area contributed by atoms with Crippen molar-refractivity contribution in [3.8, 4) is 5.88 Å². The fourth-order valence-corrected chi connectivity index (χ4v) is 3.28. The highest BCUT2D eigenvalue weighted by Gasteiger charge is 2.15. The third-order valence-corrected chi connectivity index (χ3v) is 5.07. The molecule has 0 aliphatic rings. The molecule has 0 atom stereocenters. The summed E-state index contributed by atoms with van der Waals surface area (Å²) in [5.74, 6) is 0.501. The van der Waals surface area contributed by atoms with Crippen LogP contribution in [0.1, 0.15) is 5.69 Å². The zero-order valence-electron chi connectivity index (χ0n) is 14.6. The van der Waals surface area contributed by atoms with Crippen molar-refractivity contribution in [3.63, 3.8) is 0 Å². The van der Waals surface area contributed by atoms with Gasteiger partial charge in [0.15, 0.2) is 5.82 Å². The molecule has 0 spiro atoms. The van der Waals surface area contributed by atoms with Gasteiger partial charge in [-0.3, -0.25) is 9.71 Å². The number of rotatable bonds is 6. The normalized spacial score (nSPS) is 11.9. The number of amidine groups is 1. The average Bonchev–Trinajstić information content (AvgIpc) is 2.69. The highest BCUT2D eigenvalue weighted by atomic mass is 35.5. The quantitative estimate of drug-likeness (QED) is 0.463. The van der Waals surface area contributed by atoms with Gasteiger partial charge in [-0.1, -0.05) is 11.6 Å². The van der Waals surface area contributed by atoms with E-state index in [-0.39, 0.29) is 22.4 Å². The Morgan fingerprint density at radius 2 is 1.89 bits per heavy atom. The number of halogens is 1. The zero-order valence-corrected chi connectivity index (χ0v) is 16.1. The Balaban J connectivity index is 1.78. The van der Waals surface area contributed by atoms with Crippen LogP contribution in [0.5, 0.6) is 5.88 Å². The Bertz CT molecular complexity index is 1100. The molecule has 3 aromatic rings. The van der Waals surface area contributed by atoms with Crippen molar-refractivity contribution in [3.05, 3.63) is 65.4 Å². The molecule has 0 saturated carbocycles. The van der Waals surface area contributed by atoms with Gasteiger partial charge in [0, 0.05) is 17.3 Å². The molecule has 11 heteroatoms. The van der Waals surface area contributed by atoms with Crippen LogP contribution in [0.2, 0.25) is 5.02 Å². The summed E-state index contributed by atoms with van der Waals surface area (Å²) in [4.78, 5) is 8.33. The summed E-state index contributed by atoms with van der Waals surface area (Å²) in [5.41, 5.74) is 6.80. The first-order valence-corrected chi connectivity index (χ1v) is 9.70. The maximum Gasteiger partial charge on any atom is 0.263 e. The first kappa shape index (κ1) is 19.5. The van der Waals surface area contributed by atoms with Gasteiger partial charge in [-0.25, -0.2) is 13.4 Å². The molecular formula is C17H15ClN6O3S. The molecular weight excluding hydrogens is 404 g/mol. The minimum atomic E-state index is -3.84. The molecule has 0 fully saturated rings. The fraction of sp³-hybridized carbons (Fsp3) is 0.0588. The minimum absolute atomic E-state index is 0.0310. The van der Waals surface area contributed by atoms with Crippen LogP contribution >= 0.6 is 11.6 Å². The molecule has 2 heterocycles. The highest BCUT2D eigenvalue weighted by Crippen LogP contribution is 2.20. The smallest absolute Gasteiger partial charge is 0.263 e. The largest absolute Gasteiger partial charge is 0.480 e. The van der Waals surface area contributed by atoms with E-state index in [1.165, 1.54) is 49.7 Å². The lowest BCUT2D eigenvalue weighted by Gasteiger charge is -2.07. The van der Waals surface area contributed by atoms with E-state index < -0.39 is 10.0 Å². The molecule has 2 aromatic heterocycles. The molecule has 0 bridgehead atoms. The molecule has 0 unspecified atom stereocenters. The van der Waals surface area contributed by atoms with Gasteiger partial charge in [0.25, 0.3) is 10.0 Å². The zero-order chi connectivity index (χ0) is 20.1. The van der Waals surface area contributed by atoms with E-state index in [0.717, 1.165) is 0 Å². The van der Waals surface area contributed by atoms with Crippen LogP contribution in [-0.2, 0) is 10.0 Å². The number of anilines is 1. The van der Waals surface area contributed by atoms with Gasteiger partial charge in [-0.05, 0) is 42.5 Å². The molecule has 0 aliphatic heterocycles. The van der Waals surface area contributed by atoms with Gasteiger partial charge >= 0.3 is 0 Å². The summed E-state index contributed by atoms with van der Waals surface area (Å²) in [6, 6.07) is 12.0. The summed E-state index contributed by atoms with van der Waals surface area (Å²) in [7, 11) is -2.40. The first-order chi connectivity index (χ1) is 13.4. The standard InChI is InChI=1S/C17H15ClN6O3S/c1-27-16-7-6-15(22-23-16)24-28(25,26)13-4-2-12(3-5-13)21-17(19)14-10-11(18)8-9-20-14/h2-10H,1H3,(H2,19,21)(H,22,24). The van der Waals surface area contributed by atoms with Crippen LogP contribution in [0, 0.1) is 0 Å². The van der Waals surface area contributed by atoms with Crippen LogP contribution in [0.3, 0.4) is 0 Å². The number of nitrogens with two attached hydrogens (primary N) is 1. The van der Waals surface area contributed by atoms with E-state index in [1.54, 1.807) is 12.1 Å². The second-order valence-corrected chi connectivity index (χ2v) is 7.54. The Hall–Kier alpha value is -3.24. The van der Waals surface area contributed by atoms with E-state index in [1.807, 2.05) is 0 Å². The second-order valence-electron chi connectivity index (χ2n) is 5.42. The average molecular weight is 419 g/mol. The Morgan fingerprint density at radius 1 is 1.14 bits per heavy atom. The van der Waals surface area contributed by atoms with Crippen LogP contribution in [0.15, 0.2) is 64.6 Å². The summed E-state index contributed by atoms with van der Waals surface area (Å²) in [6.07, 6.45) is 1.52. The van der Waals surface area contributed by atoms with E-state index in [0.29, 0.717) is 16.4 Å².